The quantitative estimate of drug-likeness (QED) is 0.730. The molecular formula is C11H24N2O. The molecule has 0 aliphatic heterocycles. The highest BCUT2D eigenvalue weighted by molar-refractivity contribution is 5.81. The van der Waals surface area contributed by atoms with Gasteiger partial charge in [-0.05, 0) is 18.3 Å². The van der Waals surface area contributed by atoms with Crippen molar-refractivity contribution in [2.24, 2.45) is 17.6 Å². The summed E-state index contributed by atoms with van der Waals surface area (Å²) in [5.74, 6) is 1.03. The van der Waals surface area contributed by atoms with E-state index in [1.807, 2.05) is 7.05 Å². The van der Waals surface area contributed by atoms with Gasteiger partial charge in [0.2, 0.25) is 5.91 Å². The highest BCUT2D eigenvalue weighted by atomic mass is 16.2. The van der Waals surface area contributed by atoms with Crippen LogP contribution in [0.25, 0.3) is 0 Å². The van der Waals surface area contributed by atoms with Crippen LogP contribution < -0.4 is 5.73 Å². The Bertz CT molecular complexity index is 160. The first kappa shape index (κ1) is 13.4. The predicted molar refractivity (Wildman–Crippen MR) is 59.9 cm³/mol. The summed E-state index contributed by atoms with van der Waals surface area (Å²) in [6.45, 7) is 9.13. The molecule has 0 rings (SSSR count). The zero-order chi connectivity index (χ0) is 11.3. The molecule has 0 aliphatic rings. The summed E-state index contributed by atoms with van der Waals surface area (Å²) in [5.41, 5.74) is 5.80. The van der Waals surface area contributed by atoms with E-state index in [1.165, 1.54) is 0 Å². The average molecular weight is 200 g/mol. The molecular weight excluding hydrogens is 176 g/mol. The second kappa shape index (κ2) is 6.02. The lowest BCUT2D eigenvalue weighted by Gasteiger charge is -2.23. The maximum atomic E-state index is 11.7. The van der Waals surface area contributed by atoms with Crippen LogP contribution in [-0.2, 0) is 4.79 Å². The maximum absolute atomic E-state index is 11.7. The Morgan fingerprint density at radius 1 is 1.21 bits per heavy atom. The van der Waals surface area contributed by atoms with Crippen LogP contribution in [0.4, 0.5) is 0 Å². The van der Waals surface area contributed by atoms with E-state index >= 15 is 0 Å². The molecule has 0 bridgehead atoms. The Morgan fingerprint density at radius 2 is 1.71 bits per heavy atom. The molecule has 0 aliphatic carbocycles. The lowest BCUT2D eigenvalue weighted by molar-refractivity contribution is -0.132. The molecule has 3 nitrogen and oxygen atoms in total. The van der Waals surface area contributed by atoms with E-state index < -0.39 is 0 Å². The number of carbonyl (C=O) groups excluding carboxylic acids is 1. The van der Waals surface area contributed by atoms with E-state index in [-0.39, 0.29) is 11.9 Å². The molecule has 3 heteroatoms. The summed E-state index contributed by atoms with van der Waals surface area (Å²) in [6, 6.07) is -0.334. The topological polar surface area (TPSA) is 46.3 Å². The van der Waals surface area contributed by atoms with Crippen molar-refractivity contribution in [3.63, 3.8) is 0 Å². The van der Waals surface area contributed by atoms with Gasteiger partial charge in [0.1, 0.15) is 0 Å². The summed E-state index contributed by atoms with van der Waals surface area (Å²) in [4.78, 5) is 13.4. The van der Waals surface area contributed by atoms with Crippen LogP contribution in [0.5, 0.6) is 0 Å². The van der Waals surface area contributed by atoms with Gasteiger partial charge in [-0.1, -0.05) is 27.7 Å². The first-order valence-electron chi connectivity index (χ1n) is 5.35. The van der Waals surface area contributed by atoms with Crippen LogP contribution in [0.1, 0.15) is 34.1 Å². The molecule has 0 aromatic carbocycles. The normalized spacial score (nSPS) is 13.4. The van der Waals surface area contributed by atoms with Gasteiger partial charge in [0.15, 0.2) is 0 Å². The van der Waals surface area contributed by atoms with Crippen LogP contribution in [0.3, 0.4) is 0 Å². The predicted octanol–water partition coefficient (Wildman–Crippen LogP) is 1.47. The van der Waals surface area contributed by atoms with Crippen LogP contribution >= 0.6 is 0 Å². The molecule has 84 valence electrons. The Balaban J connectivity index is 4.04. The fourth-order valence-corrected chi connectivity index (χ4v) is 1.53. The first-order valence-corrected chi connectivity index (χ1v) is 5.35. The van der Waals surface area contributed by atoms with Crippen LogP contribution in [0, 0.1) is 11.8 Å². The van der Waals surface area contributed by atoms with Crippen molar-refractivity contribution >= 4 is 5.91 Å². The average Bonchev–Trinajstić information content (AvgIpc) is 2.00. The largest absolute Gasteiger partial charge is 0.344 e. The summed E-state index contributed by atoms with van der Waals surface area (Å²) >= 11 is 0. The molecule has 14 heavy (non-hydrogen) atoms. The van der Waals surface area contributed by atoms with E-state index in [0.29, 0.717) is 11.8 Å². The van der Waals surface area contributed by atoms with Crippen LogP contribution in [-0.4, -0.2) is 30.4 Å². The SMILES string of the molecule is CC(C)CC(N)C(=O)N(C)CC(C)C. The lowest BCUT2D eigenvalue weighted by Crippen LogP contribution is -2.43. The smallest absolute Gasteiger partial charge is 0.239 e. The number of likely N-dealkylation sites (N-methyl/N-ethyl adjacent to an activating group) is 1. The minimum atomic E-state index is -0.334. The van der Waals surface area contributed by atoms with Crippen molar-refractivity contribution in [1.29, 1.82) is 0 Å². The van der Waals surface area contributed by atoms with Gasteiger partial charge in [-0.2, -0.15) is 0 Å². The summed E-state index contributed by atoms with van der Waals surface area (Å²) in [7, 11) is 1.82. The molecule has 1 atom stereocenters. The van der Waals surface area contributed by atoms with Gasteiger partial charge >= 0.3 is 0 Å². The highest BCUT2D eigenvalue weighted by Gasteiger charge is 2.19. The Hall–Kier alpha value is -0.570. The molecule has 2 N–H and O–H groups in total. The molecule has 0 heterocycles. The third kappa shape index (κ3) is 5.22. The maximum Gasteiger partial charge on any atom is 0.239 e. The number of rotatable bonds is 5. The second-order valence-corrected chi connectivity index (χ2v) is 4.85. The van der Waals surface area contributed by atoms with Gasteiger partial charge in [-0.15, -0.1) is 0 Å². The lowest BCUT2D eigenvalue weighted by atomic mass is 10.0. The van der Waals surface area contributed by atoms with Gasteiger partial charge in [0.05, 0.1) is 6.04 Å². The summed E-state index contributed by atoms with van der Waals surface area (Å²) < 4.78 is 0. The third-order valence-corrected chi connectivity index (χ3v) is 2.06. The Labute approximate surface area is 87.6 Å². The molecule has 0 spiro atoms. The number of amides is 1. The van der Waals surface area contributed by atoms with Gasteiger partial charge in [0.25, 0.3) is 0 Å². The van der Waals surface area contributed by atoms with Crippen molar-refractivity contribution < 1.29 is 4.79 Å². The molecule has 1 amide bonds. The molecule has 0 radical (unpaired) electrons. The zero-order valence-electron chi connectivity index (χ0n) is 10.1. The van der Waals surface area contributed by atoms with Crippen molar-refractivity contribution in [2.75, 3.05) is 13.6 Å². The number of hydrogen-bond donors (Lipinski definition) is 1. The van der Waals surface area contributed by atoms with E-state index in [1.54, 1.807) is 4.90 Å². The second-order valence-electron chi connectivity index (χ2n) is 4.85. The van der Waals surface area contributed by atoms with E-state index in [2.05, 4.69) is 27.7 Å². The number of nitrogens with zero attached hydrogens (tertiary/aromatic N) is 1. The van der Waals surface area contributed by atoms with Gasteiger partial charge < -0.3 is 10.6 Å². The molecule has 0 aromatic rings. The highest BCUT2D eigenvalue weighted by Crippen LogP contribution is 2.06. The van der Waals surface area contributed by atoms with Crippen molar-refractivity contribution in [3.8, 4) is 0 Å². The monoisotopic (exact) mass is 200 g/mol. The number of nitrogens with two attached hydrogens (primary N) is 1. The van der Waals surface area contributed by atoms with Gasteiger partial charge in [-0.3, -0.25) is 4.79 Å². The van der Waals surface area contributed by atoms with Gasteiger partial charge in [0, 0.05) is 13.6 Å². The Kier molecular flexibility index (Phi) is 5.77. The fraction of sp³-hybridized carbons (Fsp3) is 0.909. The zero-order valence-corrected chi connectivity index (χ0v) is 10.1. The van der Waals surface area contributed by atoms with Crippen molar-refractivity contribution in [2.45, 2.75) is 40.2 Å². The van der Waals surface area contributed by atoms with Gasteiger partial charge in [-0.25, -0.2) is 0 Å². The molecule has 0 saturated heterocycles. The number of carbonyl (C=O) groups is 1. The van der Waals surface area contributed by atoms with Crippen LogP contribution in [0.2, 0.25) is 0 Å². The fourth-order valence-electron chi connectivity index (χ4n) is 1.53. The molecule has 1 unspecified atom stereocenters. The molecule has 0 aromatic heterocycles. The molecule has 0 fully saturated rings. The summed E-state index contributed by atoms with van der Waals surface area (Å²) in [5, 5.41) is 0. The standard InChI is InChI=1S/C11H24N2O/c1-8(2)6-10(12)11(14)13(5)7-9(3)4/h8-10H,6-7,12H2,1-5H3. The van der Waals surface area contributed by atoms with E-state index in [0.717, 1.165) is 13.0 Å². The number of hydrogen-bond acceptors (Lipinski definition) is 2. The first-order chi connectivity index (χ1) is 6.34. The van der Waals surface area contributed by atoms with E-state index in [9.17, 15) is 4.79 Å². The van der Waals surface area contributed by atoms with E-state index in [4.69, 9.17) is 5.73 Å². The minimum Gasteiger partial charge on any atom is -0.344 e. The molecule has 0 saturated carbocycles. The van der Waals surface area contributed by atoms with Crippen molar-refractivity contribution in [1.82, 2.24) is 4.90 Å². The Morgan fingerprint density at radius 3 is 2.07 bits per heavy atom. The van der Waals surface area contributed by atoms with Crippen molar-refractivity contribution in [3.05, 3.63) is 0 Å². The minimum absolute atomic E-state index is 0.0624. The van der Waals surface area contributed by atoms with Crippen LogP contribution in [0.15, 0.2) is 0 Å². The third-order valence-electron chi connectivity index (χ3n) is 2.06. The summed E-state index contributed by atoms with van der Waals surface area (Å²) in [6.07, 6.45) is 0.765.